The summed E-state index contributed by atoms with van der Waals surface area (Å²) in [6.45, 7) is 3.30. The average molecular weight is 464 g/mol. The molecule has 0 fully saturated rings. The van der Waals surface area contributed by atoms with E-state index in [0.29, 0.717) is 10.2 Å². The monoisotopic (exact) mass is 463 g/mol. The van der Waals surface area contributed by atoms with Crippen molar-refractivity contribution in [1.29, 1.82) is 0 Å². The molecule has 10 heteroatoms. The van der Waals surface area contributed by atoms with Crippen LogP contribution in [0.2, 0.25) is 0 Å². The van der Waals surface area contributed by atoms with Crippen molar-refractivity contribution in [2.75, 3.05) is 16.0 Å². The second-order valence-electron chi connectivity index (χ2n) is 5.65. The number of nitrogens with one attached hydrogen (secondary N) is 3. The number of hydrogen-bond donors (Lipinski definition) is 3. The zero-order valence-corrected chi connectivity index (χ0v) is 16.2. The van der Waals surface area contributed by atoms with Crippen molar-refractivity contribution in [2.24, 2.45) is 0 Å². The highest BCUT2D eigenvalue weighted by Crippen LogP contribution is 2.26. The average Bonchev–Trinajstić information content (AvgIpc) is 2.69. The maximum absolute atomic E-state index is 14.1. The summed E-state index contributed by atoms with van der Waals surface area (Å²) >= 11 is 3.14. The fourth-order valence-electron chi connectivity index (χ4n) is 2.25. The largest absolute Gasteiger partial charge is 0.335 e. The summed E-state index contributed by atoms with van der Waals surface area (Å²) in [4.78, 5) is 19.2. The molecule has 0 radical (unpaired) electrons. The molecule has 0 aliphatic heterocycles. The molecule has 1 amide bonds. The number of rotatable bonds is 6. The molecule has 1 aromatic heterocycles. The minimum absolute atomic E-state index is 0.0213. The van der Waals surface area contributed by atoms with Crippen LogP contribution in [-0.2, 0) is 4.79 Å². The minimum atomic E-state index is -0.795. The molecule has 0 aliphatic rings. The molecule has 0 atom stereocenters. The summed E-state index contributed by atoms with van der Waals surface area (Å²) in [6.07, 6.45) is 1.90. The van der Waals surface area contributed by atoms with Crippen LogP contribution in [0.5, 0.6) is 0 Å². The van der Waals surface area contributed by atoms with Gasteiger partial charge in [-0.3, -0.25) is 4.79 Å². The third kappa shape index (κ3) is 5.11. The maximum Gasteiger partial charge on any atom is 0.247 e. The van der Waals surface area contributed by atoms with E-state index in [2.05, 4.69) is 48.4 Å². The number of anilines is 5. The smallest absolute Gasteiger partial charge is 0.247 e. The third-order valence-electron chi connectivity index (χ3n) is 3.59. The summed E-state index contributed by atoms with van der Waals surface area (Å²) in [5.41, 5.74) is 0.267. The highest BCUT2D eigenvalue weighted by atomic mass is 79.9. The molecule has 3 rings (SSSR count). The van der Waals surface area contributed by atoms with Gasteiger partial charge in [0.1, 0.15) is 11.6 Å². The van der Waals surface area contributed by atoms with Crippen LogP contribution in [0.15, 0.2) is 59.7 Å². The van der Waals surface area contributed by atoms with E-state index in [1.165, 1.54) is 24.3 Å². The normalized spacial score (nSPS) is 10.3. The van der Waals surface area contributed by atoms with E-state index in [9.17, 15) is 18.0 Å². The molecular weight excluding hydrogens is 451 g/mol. The van der Waals surface area contributed by atoms with Crippen LogP contribution < -0.4 is 16.0 Å². The van der Waals surface area contributed by atoms with Gasteiger partial charge in [-0.15, -0.1) is 0 Å². The minimum Gasteiger partial charge on any atom is -0.335 e. The first-order valence-electron chi connectivity index (χ1n) is 8.10. The molecule has 0 aliphatic carbocycles. The van der Waals surface area contributed by atoms with Gasteiger partial charge in [-0.25, -0.2) is 18.2 Å². The number of nitrogens with zero attached hydrogens (tertiary/aromatic N) is 2. The van der Waals surface area contributed by atoms with Gasteiger partial charge in [0.2, 0.25) is 11.9 Å². The fourth-order valence-corrected chi connectivity index (χ4v) is 2.58. The molecule has 148 valence electrons. The first-order chi connectivity index (χ1) is 13.9. The van der Waals surface area contributed by atoms with Crippen LogP contribution in [0.25, 0.3) is 0 Å². The maximum atomic E-state index is 14.1. The molecule has 0 bridgehead atoms. The lowest BCUT2D eigenvalue weighted by Gasteiger charge is -2.11. The molecule has 1 heterocycles. The third-order valence-corrected chi connectivity index (χ3v) is 4.09. The number of halogens is 4. The molecule has 3 N–H and O–H groups in total. The second-order valence-corrected chi connectivity index (χ2v) is 6.57. The van der Waals surface area contributed by atoms with Crippen LogP contribution in [0.1, 0.15) is 0 Å². The van der Waals surface area contributed by atoms with E-state index < -0.39 is 23.4 Å². The molecule has 0 saturated heterocycles. The van der Waals surface area contributed by atoms with Crippen molar-refractivity contribution in [3.05, 3.63) is 77.2 Å². The zero-order chi connectivity index (χ0) is 21.0. The number of carbonyl (C=O) groups excluding carboxylic acids is 1. The summed E-state index contributed by atoms with van der Waals surface area (Å²) < 4.78 is 42.4. The van der Waals surface area contributed by atoms with Crippen LogP contribution in [-0.4, -0.2) is 15.9 Å². The summed E-state index contributed by atoms with van der Waals surface area (Å²) in [5.74, 6) is -2.92. The molecule has 6 nitrogen and oxygen atoms in total. The van der Waals surface area contributed by atoms with Gasteiger partial charge in [0.25, 0.3) is 0 Å². The Morgan fingerprint density at radius 3 is 2.52 bits per heavy atom. The second kappa shape index (κ2) is 8.74. The van der Waals surface area contributed by atoms with Gasteiger partial charge in [0.05, 0.1) is 17.6 Å². The number of aromatic nitrogens is 2. The SMILES string of the molecule is C=CC(=O)Nc1cc(Nc2ncc(F)c(Nc3ccc(Br)cc3F)n2)ccc1F. The molecule has 0 saturated carbocycles. The van der Waals surface area contributed by atoms with Crippen LogP contribution in [0.4, 0.5) is 42.0 Å². The lowest BCUT2D eigenvalue weighted by Crippen LogP contribution is -2.09. The van der Waals surface area contributed by atoms with Gasteiger partial charge in [-0.05, 0) is 42.5 Å². The number of amides is 1. The standard InChI is InChI=1S/C19H13BrF3N5O/c1-2-17(29)26-16-8-11(4-5-12(16)21)25-19-24-9-14(23)18(28-19)27-15-6-3-10(20)7-13(15)22/h2-9H,1H2,(H,26,29)(H2,24,25,27,28). The molecular formula is C19H13BrF3N5O. The van der Waals surface area contributed by atoms with E-state index >= 15 is 0 Å². The van der Waals surface area contributed by atoms with Crippen molar-refractivity contribution in [2.45, 2.75) is 0 Å². The Morgan fingerprint density at radius 1 is 1.00 bits per heavy atom. The molecule has 0 unspecified atom stereocenters. The highest BCUT2D eigenvalue weighted by molar-refractivity contribution is 9.10. The van der Waals surface area contributed by atoms with E-state index in [-0.39, 0.29) is 23.1 Å². The summed E-state index contributed by atoms with van der Waals surface area (Å²) in [7, 11) is 0. The molecule has 2 aromatic carbocycles. The Labute approximate surface area is 172 Å². The predicted octanol–water partition coefficient (Wildman–Crippen LogP) is 5.27. The van der Waals surface area contributed by atoms with E-state index in [1.807, 2.05) is 0 Å². The van der Waals surface area contributed by atoms with Crippen molar-refractivity contribution < 1.29 is 18.0 Å². The van der Waals surface area contributed by atoms with E-state index in [4.69, 9.17) is 0 Å². The van der Waals surface area contributed by atoms with Crippen molar-refractivity contribution >= 4 is 50.7 Å². The van der Waals surface area contributed by atoms with Crippen LogP contribution in [0.3, 0.4) is 0 Å². The fraction of sp³-hybridized carbons (Fsp3) is 0. The van der Waals surface area contributed by atoms with E-state index in [1.54, 1.807) is 6.07 Å². The first kappa shape index (κ1) is 20.3. The molecule has 3 aromatic rings. The summed E-state index contributed by atoms with van der Waals surface area (Å²) in [5, 5.41) is 7.64. The quantitative estimate of drug-likeness (QED) is 0.434. The van der Waals surface area contributed by atoms with Gasteiger partial charge < -0.3 is 16.0 Å². The highest BCUT2D eigenvalue weighted by Gasteiger charge is 2.12. The Balaban J connectivity index is 1.83. The van der Waals surface area contributed by atoms with Crippen molar-refractivity contribution in [3.8, 4) is 0 Å². The number of benzene rings is 2. The predicted molar refractivity (Wildman–Crippen MR) is 108 cm³/mol. The van der Waals surface area contributed by atoms with Crippen LogP contribution in [0, 0.1) is 17.5 Å². The summed E-state index contributed by atoms with van der Waals surface area (Å²) in [6, 6.07) is 8.04. The van der Waals surface area contributed by atoms with Crippen LogP contribution >= 0.6 is 15.9 Å². The molecule has 29 heavy (non-hydrogen) atoms. The lowest BCUT2D eigenvalue weighted by atomic mass is 10.2. The Kier molecular flexibility index (Phi) is 6.13. The Hall–Kier alpha value is -3.40. The lowest BCUT2D eigenvalue weighted by molar-refractivity contribution is -0.111. The van der Waals surface area contributed by atoms with Gasteiger partial charge in [-0.2, -0.15) is 4.98 Å². The van der Waals surface area contributed by atoms with Gasteiger partial charge in [-0.1, -0.05) is 22.5 Å². The van der Waals surface area contributed by atoms with Gasteiger partial charge in [0.15, 0.2) is 11.6 Å². The van der Waals surface area contributed by atoms with Gasteiger partial charge in [0, 0.05) is 10.2 Å². The van der Waals surface area contributed by atoms with Crippen molar-refractivity contribution in [1.82, 2.24) is 9.97 Å². The number of hydrogen-bond acceptors (Lipinski definition) is 5. The van der Waals surface area contributed by atoms with Gasteiger partial charge >= 0.3 is 0 Å². The zero-order valence-electron chi connectivity index (χ0n) is 14.6. The van der Waals surface area contributed by atoms with E-state index in [0.717, 1.165) is 18.3 Å². The molecule has 0 spiro atoms. The Bertz CT molecular complexity index is 1090. The number of carbonyl (C=O) groups is 1. The topological polar surface area (TPSA) is 78.9 Å². The Morgan fingerprint density at radius 2 is 1.79 bits per heavy atom. The van der Waals surface area contributed by atoms with Crippen molar-refractivity contribution in [3.63, 3.8) is 0 Å². The first-order valence-corrected chi connectivity index (χ1v) is 8.89.